The second-order valence-corrected chi connectivity index (χ2v) is 2.67. The summed E-state index contributed by atoms with van der Waals surface area (Å²) in [4.78, 5) is 14.9. The molecule has 0 aromatic rings. The number of nitrogens with zero attached hydrogens (tertiary/aromatic N) is 1. The SMILES string of the molecule is C/N=C1/C=CC=C/C1=C(/NC)C(=O)O. The van der Waals surface area contributed by atoms with Gasteiger partial charge < -0.3 is 10.4 Å². The number of likely N-dealkylation sites (N-methyl/N-ethyl adjacent to an activating group) is 1. The molecule has 0 aromatic heterocycles. The molecule has 0 spiro atoms. The summed E-state index contributed by atoms with van der Waals surface area (Å²) >= 11 is 0. The number of hydrogen-bond acceptors (Lipinski definition) is 3. The fourth-order valence-corrected chi connectivity index (χ4v) is 1.24. The molecule has 0 atom stereocenters. The number of aliphatic carboxylic acids is 1. The number of nitrogens with one attached hydrogen (secondary N) is 1. The van der Waals surface area contributed by atoms with Crippen LogP contribution in [0.1, 0.15) is 0 Å². The molecule has 74 valence electrons. The van der Waals surface area contributed by atoms with Gasteiger partial charge >= 0.3 is 5.97 Å². The highest BCUT2D eigenvalue weighted by atomic mass is 16.4. The second kappa shape index (κ2) is 4.41. The molecule has 1 rings (SSSR count). The van der Waals surface area contributed by atoms with E-state index in [1.807, 2.05) is 6.08 Å². The van der Waals surface area contributed by atoms with E-state index >= 15 is 0 Å². The van der Waals surface area contributed by atoms with Crippen molar-refractivity contribution in [3.05, 3.63) is 35.6 Å². The standard InChI is InChI=1S/C10H12N2O2/c1-11-8-6-4-3-5-7(8)9(12-2)10(13)14/h3-6,12H,1-2H3,(H,13,14)/b9-7-,11-8-. The minimum atomic E-state index is -0.983. The Labute approximate surface area is 82.4 Å². The number of carbonyl (C=O) groups is 1. The maximum absolute atomic E-state index is 10.9. The lowest BCUT2D eigenvalue weighted by atomic mass is 10.0. The molecule has 0 heterocycles. The van der Waals surface area contributed by atoms with E-state index in [1.54, 1.807) is 32.3 Å². The molecule has 0 saturated heterocycles. The first kappa shape index (κ1) is 10.2. The first-order valence-corrected chi connectivity index (χ1v) is 4.18. The van der Waals surface area contributed by atoms with Crippen LogP contribution in [0.2, 0.25) is 0 Å². The molecule has 0 amide bonds. The van der Waals surface area contributed by atoms with Gasteiger partial charge in [-0.3, -0.25) is 4.99 Å². The molecule has 4 heteroatoms. The average Bonchev–Trinajstić information content (AvgIpc) is 2.19. The lowest BCUT2D eigenvalue weighted by molar-refractivity contribution is -0.133. The molecule has 0 saturated carbocycles. The van der Waals surface area contributed by atoms with Gasteiger partial charge in [-0.2, -0.15) is 0 Å². The van der Waals surface area contributed by atoms with Gasteiger partial charge in [0.1, 0.15) is 5.70 Å². The van der Waals surface area contributed by atoms with Crippen LogP contribution in [0.5, 0.6) is 0 Å². The number of carboxylic acids is 1. The summed E-state index contributed by atoms with van der Waals surface area (Å²) in [6.07, 6.45) is 7.10. The average molecular weight is 192 g/mol. The van der Waals surface area contributed by atoms with Crippen molar-refractivity contribution in [2.45, 2.75) is 0 Å². The first-order chi connectivity index (χ1) is 6.70. The van der Waals surface area contributed by atoms with Crippen LogP contribution in [0.15, 0.2) is 40.6 Å². The number of hydrogen-bond donors (Lipinski definition) is 2. The van der Waals surface area contributed by atoms with Crippen molar-refractivity contribution in [3.63, 3.8) is 0 Å². The number of rotatable bonds is 2. The van der Waals surface area contributed by atoms with Gasteiger partial charge in [-0.15, -0.1) is 0 Å². The van der Waals surface area contributed by atoms with Gasteiger partial charge in [0.15, 0.2) is 0 Å². The summed E-state index contributed by atoms with van der Waals surface area (Å²) in [5.41, 5.74) is 1.43. The Kier molecular flexibility index (Phi) is 3.23. The molecule has 2 N–H and O–H groups in total. The van der Waals surface area contributed by atoms with Crippen LogP contribution >= 0.6 is 0 Å². The lowest BCUT2D eigenvalue weighted by Gasteiger charge is -2.10. The highest BCUT2D eigenvalue weighted by Gasteiger charge is 2.14. The number of aliphatic imine (C=N–C) groups is 1. The smallest absolute Gasteiger partial charge is 0.352 e. The summed E-state index contributed by atoms with van der Waals surface area (Å²) in [5.74, 6) is -0.983. The van der Waals surface area contributed by atoms with E-state index in [0.717, 1.165) is 0 Å². The van der Waals surface area contributed by atoms with Gasteiger partial charge in [-0.25, -0.2) is 4.79 Å². The normalized spacial score (nSPS) is 21.1. The predicted molar refractivity (Wildman–Crippen MR) is 55.4 cm³/mol. The van der Waals surface area contributed by atoms with Crippen molar-refractivity contribution in [1.82, 2.24) is 5.32 Å². The maximum Gasteiger partial charge on any atom is 0.352 e. The zero-order valence-corrected chi connectivity index (χ0v) is 8.11. The quantitative estimate of drug-likeness (QED) is 0.634. The minimum Gasteiger partial charge on any atom is -0.477 e. The number of allylic oxidation sites excluding steroid dienone is 5. The van der Waals surface area contributed by atoms with Gasteiger partial charge in [0.2, 0.25) is 0 Å². The molecule has 0 unspecified atom stereocenters. The van der Waals surface area contributed by atoms with Crippen LogP contribution in [0.4, 0.5) is 0 Å². The Hall–Kier alpha value is -1.84. The summed E-state index contributed by atoms with van der Waals surface area (Å²) < 4.78 is 0. The maximum atomic E-state index is 10.9. The largest absolute Gasteiger partial charge is 0.477 e. The lowest BCUT2D eigenvalue weighted by Crippen LogP contribution is -2.21. The zero-order chi connectivity index (χ0) is 10.6. The molecule has 0 aliphatic heterocycles. The van der Waals surface area contributed by atoms with Gasteiger partial charge in [-0.1, -0.05) is 18.2 Å². The van der Waals surface area contributed by atoms with Gasteiger partial charge in [0.05, 0.1) is 5.71 Å². The Balaban J connectivity index is 3.23. The van der Waals surface area contributed by atoms with E-state index in [-0.39, 0.29) is 5.70 Å². The third kappa shape index (κ3) is 1.90. The summed E-state index contributed by atoms with van der Waals surface area (Å²) in [5, 5.41) is 11.6. The Morgan fingerprint density at radius 2 is 2.07 bits per heavy atom. The van der Waals surface area contributed by atoms with E-state index in [2.05, 4.69) is 10.3 Å². The fraction of sp³-hybridized carbons (Fsp3) is 0.200. The molecule has 1 aliphatic rings. The number of carboxylic acid groups (broad SMARTS) is 1. The van der Waals surface area contributed by atoms with Gasteiger partial charge in [0.25, 0.3) is 0 Å². The Morgan fingerprint density at radius 1 is 1.43 bits per heavy atom. The van der Waals surface area contributed by atoms with Crippen molar-refractivity contribution in [2.75, 3.05) is 14.1 Å². The Morgan fingerprint density at radius 3 is 2.57 bits per heavy atom. The Bertz CT molecular complexity index is 362. The third-order valence-corrected chi connectivity index (χ3v) is 1.88. The van der Waals surface area contributed by atoms with Crippen LogP contribution in [0, 0.1) is 0 Å². The molecule has 4 nitrogen and oxygen atoms in total. The van der Waals surface area contributed by atoms with E-state index in [9.17, 15) is 4.79 Å². The first-order valence-electron chi connectivity index (χ1n) is 4.18. The van der Waals surface area contributed by atoms with Crippen molar-refractivity contribution in [1.29, 1.82) is 0 Å². The molecule has 0 fully saturated rings. The monoisotopic (exact) mass is 192 g/mol. The van der Waals surface area contributed by atoms with Crippen LogP contribution in [0.3, 0.4) is 0 Å². The topological polar surface area (TPSA) is 61.7 Å². The summed E-state index contributed by atoms with van der Waals surface area (Å²) in [6.45, 7) is 0. The van der Waals surface area contributed by atoms with E-state index in [1.165, 1.54) is 0 Å². The van der Waals surface area contributed by atoms with Crippen LogP contribution in [0.25, 0.3) is 0 Å². The molecule has 1 aliphatic carbocycles. The van der Waals surface area contributed by atoms with Crippen LogP contribution in [-0.4, -0.2) is 30.9 Å². The predicted octanol–water partition coefficient (Wildman–Crippen LogP) is 0.741. The molecular weight excluding hydrogens is 180 g/mol. The minimum absolute atomic E-state index is 0.159. The fourth-order valence-electron chi connectivity index (χ4n) is 1.24. The summed E-state index contributed by atoms with van der Waals surface area (Å²) in [7, 11) is 3.21. The van der Waals surface area contributed by atoms with Crippen molar-refractivity contribution >= 4 is 11.7 Å². The highest BCUT2D eigenvalue weighted by Crippen LogP contribution is 2.12. The molecular formula is C10H12N2O2. The second-order valence-electron chi connectivity index (χ2n) is 2.67. The third-order valence-electron chi connectivity index (χ3n) is 1.88. The van der Waals surface area contributed by atoms with Crippen molar-refractivity contribution in [3.8, 4) is 0 Å². The highest BCUT2D eigenvalue weighted by molar-refractivity contribution is 6.15. The van der Waals surface area contributed by atoms with Crippen molar-refractivity contribution < 1.29 is 9.90 Å². The van der Waals surface area contributed by atoms with E-state index in [4.69, 9.17) is 5.11 Å². The van der Waals surface area contributed by atoms with Crippen LogP contribution in [-0.2, 0) is 4.79 Å². The molecule has 0 aromatic carbocycles. The van der Waals surface area contributed by atoms with Gasteiger partial charge in [-0.05, 0) is 6.08 Å². The molecule has 0 bridgehead atoms. The zero-order valence-electron chi connectivity index (χ0n) is 8.11. The van der Waals surface area contributed by atoms with Crippen LogP contribution < -0.4 is 5.32 Å². The molecule has 0 radical (unpaired) electrons. The summed E-state index contributed by atoms with van der Waals surface area (Å²) in [6, 6.07) is 0. The van der Waals surface area contributed by atoms with Crippen molar-refractivity contribution in [2.24, 2.45) is 4.99 Å². The van der Waals surface area contributed by atoms with E-state index < -0.39 is 5.97 Å². The van der Waals surface area contributed by atoms with Gasteiger partial charge in [0, 0.05) is 19.7 Å². The molecule has 14 heavy (non-hydrogen) atoms. The van der Waals surface area contributed by atoms with E-state index in [0.29, 0.717) is 11.3 Å².